The second kappa shape index (κ2) is 4.16. The standard InChI is InChI=1S/C11H10BrNO2/c1-7-10(6-14)15-11(13-7)8-2-4-9(12)5-3-8/h2-5,14H,6H2,1H3. The lowest BCUT2D eigenvalue weighted by molar-refractivity contribution is 0.247. The minimum absolute atomic E-state index is 0.116. The Morgan fingerprint density at radius 3 is 2.53 bits per heavy atom. The van der Waals surface area contributed by atoms with E-state index in [0.29, 0.717) is 11.7 Å². The monoisotopic (exact) mass is 267 g/mol. The maximum atomic E-state index is 8.98. The molecule has 0 bridgehead atoms. The summed E-state index contributed by atoms with van der Waals surface area (Å²) in [6.45, 7) is 1.70. The quantitative estimate of drug-likeness (QED) is 0.910. The highest BCUT2D eigenvalue weighted by molar-refractivity contribution is 9.10. The van der Waals surface area contributed by atoms with Gasteiger partial charge in [-0.2, -0.15) is 0 Å². The SMILES string of the molecule is Cc1nc(-c2ccc(Br)cc2)oc1CO. The third-order valence-corrected chi connectivity index (χ3v) is 2.66. The molecule has 1 aromatic carbocycles. The minimum Gasteiger partial charge on any atom is -0.438 e. The molecule has 2 rings (SSSR count). The molecule has 0 aliphatic heterocycles. The molecule has 78 valence electrons. The largest absolute Gasteiger partial charge is 0.438 e. The van der Waals surface area contributed by atoms with E-state index in [4.69, 9.17) is 9.52 Å². The van der Waals surface area contributed by atoms with Gasteiger partial charge in [0.15, 0.2) is 5.76 Å². The number of hydrogen-bond acceptors (Lipinski definition) is 3. The van der Waals surface area contributed by atoms with Crippen molar-refractivity contribution in [1.82, 2.24) is 4.98 Å². The van der Waals surface area contributed by atoms with Crippen LogP contribution in [0.3, 0.4) is 0 Å². The zero-order valence-corrected chi connectivity index (χ0v) is 9.78. The Morgan fingerprint density at radius 2 is 2.00 bits per heavy atom. The Bertz CT molecular complexity index is 462. The first-order chi connectivity index (χ1) is 7.20. The van der Waals surface area contributed by atoms with Crippen molar-refractivity contribution >= 4 is 15.9 Å². The van der Waals surface area contributed by atoms with Crippen molar-refractivity contribution in [2.45, 2.75) is 13.5 Å². The van der Waals surface area contributed by atoms with Gasteiger partial charge < -0.3 is 9.52 Å². The molecule has 0 unspecified atom stereocenters. The summed E-state index contributed by atoms with van der Waals surface area (Å²) in [5.74, 6) is 1.07. The Hall–Kier alpha value is -1.13. The second-order valence-electron chi connectivity index (χ2n) is 3.19. The van der Waals surface area contributed by atoms with E-state index in [2.05, 4.69) is 20.9 Å². The van der Waals surface area contributed by atoms with Gasteiger partial charge in [0, 0.05) is 10.0 Å². The summed E-state index contributed by atoms with van der Waals surface area (Å²) in [6, 6.07) is 7.67. The summed E-state index contributed by atoms with van der Waals surface area (Å²) in [5.41, 5.74) is 1.64. The van der Waals surface area contributed by atoms with Gasteiger partial charge in [0.2, 0.25) is 5.89 Å². The number of halogens is 1. The molecule has 0 aliphatic carbocycles. The van der Waals surface area contributed by atoms with Crippen LogP contribution in [0.15, 0.2) is 33.2 Å². The number of aliphatic hydroxyl groups excluding tert-OH is 1. The van der Waals surface area contributed by atoms with Crippen molar-refractivity contribution in [3.63, 3.8) is 0 Å². The van der Waals surface area contributed by atoms with E-state index in [1.54, 1.807) is 0 Å². The molecule has 2 aromatic rings. The number of hydrogen-bond donors (Lipinski definition) is 1. The van der Waals surface area contributed by atoms with Crippen molar-refractivity contribution < 1.29 is 9.52 Å². The number of aromatic nitrogens is 1. The van der Waals surface area contributed by atoms with Gasteiger partial charge in [0.25, 0.3) is 0 Å². The van der Waals surface area contributed by atoms with Gasteiger partial charge >= 0.3 is 0 Å². The molecule has 0 radical (unpaired) electrons. The zero-order valence-electron chi connectivity index (χ0n) is 8.20. The molecular weight excluding hydrogens is 258 g/mol. The van der Waals surface area contributed by atoms with Crippen LogP contribution in [0.25, 0.3) is 11.5 Å². The van der Waals surface area contributed by atoms with E-state index in [1.165, 1.54) is 0 Å². The van der Waals surface area contributed by atoms with Crippen LogP contribution in [-0.2, 0) is 6.61 Å². The van der Waals surface area contributed by atoms with Gasteiger partial charge in [-0.05, 0) is 31.2 Å². The van der Waals surface area contributed by atoms with Crippen molar-refractivity contribution in [3.8, 4) is 11.5 Å². The minimum atomic E-state index is -0.116. The molecule has 0 atom stereocenters. The van der Waals surface area contributed by atoms with Crippen LogP contribution in [-0.4, -0.2) is 10.1 Å². The Morgan fingerprint density at radius 1 is 1.33 bits per heavy atom. The molecule has 0 amide bonds. The fraction of sp³-hybridized carbons (Fsp3) is 0.182. The van der Waals surface area contributed by atoms with Crippen molar-refractivity contribution in [1.29, 1.82) is 0 Å². The summed E-state index contributed by atoms with van der Waals surface area (Å²) in [4.78, 5) is 4.24. The van der Waals surface area contributed by atoms with Crippen molar-refractivity contribution in [2.24, 2.45) is 0 Å². The summed E-state index contributed by atoms with van der Waals surface area (Å²) in [6.07, 6.45) is 0. The van der Waals surface area contributed by atoms with Crippen LogP contribution in [0.2, 0.25) is 0 Å². The molecular formula is C11H10BrNO2. The van der Waals surface area contributed by atoms with Gasteiger partial charge in [0.1, 0.15) is 6.61 Å². The van der Waals surface area contributed by atoms with E-state index in [0.717, 1.165) is 15.7 Å². The second-order valence-corrected chi connectivity index (χ2v) is 4.11. The van der Waals surface area contributed by atoms with Gasteiger partial charge in [-0.1, -0.05) is 15.9 Å². The van der Waals surface area contributed by atoms with E-state index in [9.17, 15) is 0 Å². The van der Waals surface area contributed by atoms with Crippen LogP contribution in [0, 0.1) is 6.92 Å². The molecule has 0 spiro atoms. The lowest BCUT2D eigenvalue weighted by Gasteiger charge is -1.94. The van der Waals surface area contributed by atoms with Crippen LogP contribution < -0.4 is 0 Å². The maximum Gasteiger partial charge on any atom is 0.226 e. The first-order valence-corrected chi connectivity index (χ1v) is 5.33. The Balaban J connectivity index is 2.41. The molecule has 15 heavy (non-hydrogen) atoms. The zero-order chi connectivity index (χ0) is 10.8. The van der Waals surface area contributed by atoms with E-state index < -0.39 is 0 Å². The Labute approximate surface area is 95.9 Å². The average molecular weight is 268 g/mol. The van der Waals surface area contributed by atoms with Crippen LogP contribution in [0.4, 0.5) is 0 Å². The number of oxazole rings is 1. The lowest BCUT2D eigenvalue weighted by Crippen LogP contribution is -1.81. The van der Waals surface area contributed by atoms with Gasteiger partial charge in [0.05, 0.1) is 5.69 Å². The molecule has 1 N–H and O–H groups in total. The van der Waals surface area contributed by atoms with Crippen molar-refractivity contribution in [3.05, 3.63) is 40.2 Å². The fourth-order valence-corrected chi connectivity index (χ4v) is 1.56. The molecule has 1 heterocycles. The predicted molar refractivity (Wildman–Crippen MR) is 60.3 cm³/mol. The van der Waals surface area contributed by atoms with Crippen LogP contribution in [0.5, 0.6) is 0 Å². The van der Waals surface area contributed by atoms with Crippen LogP contribution >= 0.6 is 15.9 Å². The maximum absolute atomic E-state index is 8.98. The summed E-state index contributed by atoms with van der Waals surface area (Å²) in [5, 5.41) is 8.98. The summed E-state index contributed by atoms with van der Waals surface area (Å²) in [7, 11) is 0. The van der Waals surface area contributed by atoms with E-state index in [1.807, 2.05) is 31.2 Å². The topological polar surface area (TPSA) is 46.3 Å². The molecule has 3 nitrogen and oxygen atoms in total. The first kappa shape index (κ1) is 10.4. The lowest BCUT2D eigenvalue weighted by atomic mass is 10.2. The van der Waals surface area contributed by atoms with E-state index >= 15 is 0 Å². The van der Waals surface area contributed by atoms with Gasteiger partial charge in [-0.25, -0.2) is 4.98 Å². The normalized spacial score (nSPS) is 10.6. The number of aliphatic hydroxyl groups is 1. The smallest absolute Gasteiger partial charge is 0.226 e. The highest BCUT2D eigenvalue weighted by atomic mass is 79.9. The van der Waals surface area contributed by atoms with Crippen molar-refractivity contribution in [2.75, 3.05) is 0 Å². The molecule has 0 saturated carbocycles. The third-order valence-electron chi connectivity index (χ3n) is 2.13. The van der Waals surface area contributed by atoms with E-state index in [-0.39, 0.29) is 6.61 Å². The first-order valence-electron chi connectivity index (χ1n) is 4.54. The van der Waals surface area contributed by atoms with Gasteiger partial charge in [-0.3, -0.25) is 0 Å². The summed E-state index contributed by atoms with van der Waals surface area (Å²) >= 11 is 3.36. The number of benzene rings is 1. The van der Waals surface area contributed by atoms with Crippen LogP contribution in [0.1, 0.15) is 11.5 Å². The fourth-order valence-electron chi connectivity index (χ4n) is 1.29. The number of nitrogens with zero attached hydrogens (tertiary/aromatic N) is 1. The highest BCUT2D eigenvalue weighted by Gasteiger charge is 2.09. The van der Waals surface area contributed by atoms with Gasteiger partial charge in [-0.15, -0.1) is 0 Å². The average Bonchev–Trinajstić information content (AvgIpc) is 2.61. The molecule has 4 heteroatoms. The molecule has 1 aromatic heterocycles. The molecule has 0 saturated heterocycles. The third kappa shape index (κ3) is 2.11. The predicted octanol–water partition coefficient (Wildman–Crippen LogP) is 2.90. The Kier molecular flexibility index (Phi) is 2.88. The summed E-state index contributed by atoms with van der Waals surface area (Å²) < 4.78 is 6.42. The molecule has 0 aliphatic rings. The molecule has 0 fully saturated rings. The number of aryl methyl sites for hydroxylation is 1. The number of rotatable bonds is 2. The highest BCUT2D eigenvalue weighted by Crippen LogP contribution is 2.23.